The Morgan fingerprint density at radius 2 is 1.78 bits per heavy atom. The fourth-order valence-electron chi connectivity index (χ4n) is 3.68. The molecule has 0 unspecified atom stereocenters. The molecule has 3 heterocycles. The lowest BCUT2D eigenvalue weighted by atomic mass is 10.1. The first kappa shape index (κ1) is 19.7. The molecule has 0 fully saturated rings. The molecule has 32 heavy (non-hydrogen) atoms. The molecule has 0 spiro atoms. The van der Waals surface area contributed by atoms with Gasteiger partial charge in [0.1, 0.15) is 12.0 Å². The Bertz CT molecular complexity index is 1470. The molecule has 0 saturated heterocycles. The van der Waals surface area contributed by atoms with Gasteiger partial charge < -0.3 is 19.6 Å². The predicted molar refractivity (Wildman–Crippen MR) is 120 cm³/mol. The van der Waals surface area contributed by atoms with Gasteiger partial charge in [-0.15, -0.1) is 0 Å². The van der Waals surface area contributed by atoms with Crippen LogP contribution in [0.1, 0.15) is 16.1 Å². The SMILES string of the molecule is Cc1cc2c(F)c(Oc3ncnc4[nH]c(-c5ccc(C(=O)N(C)C)cc5)cc34)ccc2[nH]1. The number of fused-ring (bicyclic) bond motifs is 2. The molecule has 0 atom stereocenters. The van der Waals surface area contributed by atoms with E-state index in [2.05, 4.69) is 19.9 Å². The summed E-state index contributed by atoms with van der Waals surface area (Å²) >= 11 is 0. The Morgan fingerprint density at radius 1 is 1.00 bits per heavy atom. The molecule has 1 amide bonds. The monoisotopic (exact) mass is 429 g/mol. The first-order valence-electron chi connectivity index (χ1n) is 10.0. The Kier molecular flexibility index (Phi) is 4.62. The number of nitrogens with one attached hydrogen (secondary N) is 2. The van der Waals surface area contributed by atoms with Crippen molar-refractivity contribution >= 4 is 27.8 Å². The molecule has 160 valence electrons. The van der Waals surface area contributed by atoms with Crippen LogP contribution in [-0.4, -0.2) is 44.8 Å². The van der Waals surface area contributed by atoms with Gasteiger partial charge in [0, 0.05) is 41.9 Å². The summed E-state index contributed by atoms with van der Waals surface area (Å²) in [7, 11) is 3.43. The summed E-state index contributed by atoms with van der Waals surface area (Å²) in [4.78, 5) is 28.5. The Morgan fingerprint density at radius 3 is 2.53 bits per heavy atom. The summed E-state index contributed by atoms with van der Waals surface area (Å²) in [6.45, 7) is 1.87. The second-order valence-corrected chi connectivity index (χ2v) is 7.79. The van der Waals surface area contributed by atoms with Gasteiger partial charge >= 0.3 is 0 Å². The molecule has 0 aliphatic heterocycles. The van der Waals surface area contributed by atoms with Crippen LogP contribution in [0.25, 0.3) is 33.2 Å². The van der Waals surface area contributed by atoms with Crippen molar-refractivity contribution in [2.75, 3.05) is 14.1 Å². The van der Waals surface area contributed by atoms with Crippen LogP contribution in [0, 0.1) is 12.7 Å². The second-order valence-electron chi connectivity index (χ2n) is 7.79. The van der Waals surface area contributed by atoms with Crippen molar-refractivity contribution < 1.29 is 13.9 Å². The molecule has 0 bridgehead atoms. The number of hydrogen-bond acceptors (Lipinski definition) is 4. The maximum absolute atomic E-state index is 15.0. The second kappa shape index (κ2) is 7.49. The summed E-state index contributed by atoms with van der Waals surface area (Å²) in [6.07, 6.45) is 1.37. The molecule has 2 N–H and O–H groups in total. The summed E-state index contributed by atoms with van der Waals surface area (Å²) in [5.41, 5.74) is 4.40. The summed E-state index contributed by atoms with van der Waals surface area (Å²) in [6, 6.07) is 14.2. The minimum atomic E-state index is -0.449. The van der Waals surface area contributed by atoms with E-state index < -0.39 is 5.82 Å². The van der Waals surface area contributed by atoms with E-state index in [0.29, 0.717) is 27.5 Å². The number of carbonyl (C=O) groups is 1. The Balaban J connectivity index is 1.50. The molecule has 5 rings (SSSR count). The van der Waals surface area contributed by atoms with Crippen LogP contribution in [0.15, 0.2) is 54.9 Å². The van der Waals surface area contributed by atoms with Crippen molar-refractivity contribution in [1.29, 1.82) is 0 Å². The number of hydrogen-bond donors (Lipinski definition) is 2. The third-order valence-corrected chi connectivity index (χ3v) is 5.28. The molecular formula is C24H20FN5O2. The average Bonchev–Trinajstić information content (AvgIpc) is 3.39. The zero-order valence-electron chi connectivity index (χ0n) is 17.7. The number of aromatic nitrogens is 4. The topological polar surface area (TPSA) is 86.9 Å². The highest BCUT2D eigenvalue weighted by Crippen LogP contribution is 2.34. The fraction of sp³-hybridized carbons (Fsp3) is 0.125. The van der Waals surface area contributed by atoms with Crippen LogP contribution in [0.4, 0.5) is 4.39 Å². The largest absolute Gasteiger partial charge is 0.435 e. The van der Waals surface area contributed by atoms with E-state index in [4.69, 9.17) is 4.74 Å². The maximum atomic E-state index is 15.0. The summed E-state index contributed by atoms with van der Waals surface area (Å²) < 4.78 is 20.8. The number of rotatable bonds is 4. The number of halogens is 1. The first-order chi connectivity index (χ1) is 15.4. The molecule has 0 saturated carbocycles. The van der Waals surface area contributed by atoms with Gasteiger partial charge in [0.2, 0.25) is 5.88 Å². The smallest absolute Gasteiger partial charge is 0.253 e. The zero-order chi connectivity index (χ0) is 22.4. The van der Waals surface area contributed by atoms with Crippen molar-refractivity contribution in [3.8, 4) is 22.9 Å². The van der Waals surface area contributed by atoms with Gasteiger partial charge in [-0.25, -0.2) is 14.4 Å². The van der Waals surface area contributed by atoms with Gasteiger partial charge in [-0.1, -0.05) is 12.1 Å². The van der Waals surface area contributed by atoms with Gasteiger partial charge in [0.25, 0.3) is 5.91 Å². The maximum Gasteiger partial charge on any atom is 0.253 e. The Hall–Kier alpha value is -4.20. The van der Waals surface area contributed by atoms with E-state index in [1.54, 1.807) is 44.4 Å². The molecule has 7 nitrogen and oxygen atoms in total. The molecule has 3 aromatic heterocycles. The first-order valence-corrected chi connectivity index (χ1v) is 10.0. The van der Waals surface area contributed by atoms with Gasteiger partial charge in [0.05, 0.1) is 5.39 Å². The lowest BCUT2D eigenvalue weighted by molar-refractivity contribution is 0.0827. The Labute approximate surface area is 182 Å². The van der Waals surface area contributed by atoms with Crippen LogP contribution < -0.4 is 4.74 Å². The summed E-state index contributed by atoms with van der Waals surface area (Å²) in [5.74, 6) is -0.171. The molecule has 0 aliphatic rings. The number of ether oxygens (including phenoxy) is 1. The molecular weight excluding hydrogens is 409 g/mol. The third kappa shape index (κ3) is 3.35. The van der Waals surface area contributed by atoms with Crippen molar-refractivity contribution in [3.63, 3.8) is 0 Å². The van der Waals surface area contributed by atoms with E-state index in [-0.39, 0.29) is 17.5 Å². The van der Waals surface area contributed by atoms with E-state index in [9.17, 15) is 9.18 Å². The van der Waals surface area contributed by atoms with E-state index in [1.807, 2.05) is 25.1 Å². The van der Waals surface area contributed by atoms with Gasteiger partial charge in [-0.3, -0.25) is 4.79 Å². The number of aryl methyl sites for hydroxylation is 1. The highest BCUT2D eigenvalue weighted by Gasteiger charge is 2.16. The number of benzene rings is 2. The van der Waals surface area contributed by atoms with Gasteiger partial charge in [-0.05, 0) is 48.9 Å². The van der Waals surface area contributed by atoms with Crippen LogP contribution in [0.3, 0.4) is 0 Å². The standard InChI is InChI=1S/C24H20FN5O2/c1-13-10-16-18(28-13)8-9-20(21(16)25)32-23-17-11-19(29-22(17)26-12-27-23)14-4-6-15(7-5-14)24(31)30(2)3/h4-12,28H,1-3H3,(H,26,27,29). The van der Waals surface area contributed by atoms with Gasteiger partial charge in [-0.2, -0.15) is 0 Å². The van der Waals surface area contributed by atoms with Crippen molar-refractivity contribution in [2.24, 2.45) is 0 Å². The van der Waals surface area contributed by atoms with E-state index in [1.165, 1.54) is 11.2 Å². The molecule has 5 aromatic rings. The fourth-order valence-corrected chi connectivity index (χ4v) is 3.68. The van der Waals surface area contributed by atoms with Crippen LogP contribution in [0.2, 0.25) is 0 Å². The van der Waals surface area contributed by atoms with Crippen molar-refractivity contribution in [3.05, 3.63) is 71.9 Å². The van der Waals surface area contributed by atoms with Crippen LogP contribution in [0.5, 0.6) is 11.6 Å². The average molecular weight is 429 g/mol. The molecule has 2 aromatic carbocycles. The van der Waals surface area contributed by atoms with Gasteiger partial charge in [0.15, 0.2) is 11.6 Å². The van der Waals surface area contributed by atoms with E-state index in [0.717, 1.165) is 17.0 Å². The lowest BCUT2D eigenvalue weighted by Crippen LogP contribution is -2.21. The highest BCUT2D eigenvalue weighted by molar-refractivity contribution is 5.94. The molecule has 8 heteroatoms. The minimum absolute atomic E-state index is 0.0636. The van der Waals surface area contributed by atoms with Crippen LogP contribution >= 0.6 is 0 Å². The van der Waals surface area contributed by atoms with E-state index >= 15 is 0 Å². The number of amides is 1. The summed E-state index contributed by atoms with van der Waals surface area (Å²) in [5, 5.41) is 1.09. The lowest BCUT2D eigenvalue weighted by Gasteiger charge is -2.10. The number of carbonyl (C=O) groups excluding carboxylic acids is 1. The van der Waals surface area contributed by atoms with Crippen LogP contribution in [-0.2, 0) is 0 Å². The molecule has 0 aliphatic carbocycles. The van der Waals surface area contributed by atoms with Crippen molar-refractivity contribution in [1.82, 2.24) is 24.8 Å². The quantitative estimate of drug-likeness (QED) is 0.419. The highest BCUT2D eigenvalue weighted by atomic mass is 19.1. The number of H-pyrrole nitrogens is 2. The minimum Gasteiger partial charge on any atom is -0.435 e. The number of aromatic amines is 2. The third-order valence-electron chi connectivity index (χ3n) is 5.28. The number of nitrogens with zero attached hydrogens (tertiary/aromatic N) is 3. The molecule has 0 radical (unpaired) electrons. The normalized spacial score (nSPS) is 11.2. The van der Waals surface area contributed by atoms with Crippen molar-refractivity contribution in [2.45, 2.75) is 6.92 Å². The predicted octanol–water partition coefficient (Wildman–Crippen LogP) is 5.05. The zero-order valence-corrected chi connectivity index (χ0v) is 17.7.